The van der Waals surface area contributed by atoms with Crippen molar-refractivity contribution < 1.29 is 13.6 Å². The summed E-state index contributed by atoms with van der Waals surface area (Å²) in [5.74, 6) is 0.122. The van der Waals surface area contributed by atoms with Crippen molar-refractivity contribution >= 4 is 33.4 Å². The molecule has 2 aromatic rings. The zero-order valence-electron chi connectivity index (χ0n) is 11.1. The fourth-order valence-electron chi connectivity index (χ4n) is 2.46. The summed E-state index contributed by atoms with van der Waals surface area (Å²) >= 11 is -1.01. The van der Waals surface area contributed by atoms with Gasteiger partial charge in [-0.2, -0.15) is 0 Å². The van der Waals surface area contributed by atoms with E-state index in [0.717, 1.165) is 10.6 Å². The predicted octanol–water partition coefficient (Wildman–Crippen LogP) is 2.53. The van der Waals surface area contributed by atoms with Crippen LogP contribution in [0.25, 0.3) is 10.6 Å². The van der Waals surface area contributed by atoms with E-state index in [0.29, 0.717) is 24.3 Å². The van der Waals surface area contributed by atoms with Gasteiger partial charge >= 0.3 is 0 Å². The highest BCUT2D eigenvalue weighted by Gasteiger charge is 2.29. The van der Waals surface area contributed by atoms with Crippen molar-refractivity contribution in [3.8, 4) is 10.6 Å². The van der Waals surface area contributed by atoms with Crippen LogP contribution in [0.15, 0.2) is 36.5 Å². The minimum absolute atomic E-state index is 0.122. The fourth-order valence-corrected chi connectivity index (χ4v) is 4.35. The van der Waals surface area contributed by atoms with Gasteiger partial charge in [-0.3, -0.25) is 18.3 Å². The lowest BCUT2D eigenvalue weighted by Gasteiger charge is -2.30. The average Bonchev–Trinajstić information content (AvgIpc) is 3.10. The second-order valence-corrected chi connectivity index (χ2v) is 6.72. The number of carbonyl (C=O) groups excluding carboxylic acids is 1. The Morgan fingerprint density at radius 2 is 2.19 bits per heavy atom. The molecular weight excluding hydrogens is 308 g/mol. The lowest BCUT2D eigenvalue weighted by Crippen LogP contribution is -2.34. The van der Waals surface area contributed by atoms with Crippen LogP contribution in [0.1, 0.15) is 19.3 Å². The van der Waals surface area contributed by atoms with Gasteiger partial charge < -0.3 is 4.55 Å². The maximum Gasteiger partial charge on any atom is 0.135 e. The van der Waals surface area contributed by atoms with Gasteiger partial charge in [0.1, 0.15) is 10.8 Å². The largest absolute Gasteiger partial charge is 0.755 e. The van der Waals surface area contributed by atoms with Crippen LogP contribution in [0.2, 0.25) is 0 Å². The summed E-state index contributed by atoms with van der Waals surface area (Å²) in [6, 6.07) is 8.98. The van der Waals surface area contributed by atoms with Crippen molar-refractivity contribution in [1.82, 2.24) is 4.98 Å². The van der Waals surface area contributed by atoms with Crippen molar-refractivity contribution in [2.24, 2.45) is 0 Å². The van der Waals surface area contributed by atoms with Crippen molar-refractivity contribution in [3.63, 3.8) is 0 Å². The van der Waals surface area contributed by atoms with Crippen LogP contribution in [0.5, 0.6) is 0 Å². The first-order valence-electron chi connectivity index (χ1n) is 6.56. The van der Waals surface area contributed by atoms with Crippen molar-refractivity contribution in [1.29, 1.82) is 0 Å². The second-order valence-electron chi connectivity index (χ2n) is 4.83. The smallest absolute Gasteiger partial charge is 0.135 e. The summed E-state index contributed by atoms with van der Waals surface area (Å²) in [4.78, 5) is 16.6. The Morgan fingerprint density at radius 1 is 1.33 bits per heavy atom. The first-order valence-corrected chi connectivity index (χ1v) is 8.41. The maximum absolute atomic E-state index is 11.5. The molecule has 0 saturated heterocycles. The molecule has 1 saturated carbocycles. The Bertz CT molecular complexity index is 672. The zero-order chi connectivity index (χ0) is 14.8. The van der Waals surface area contributed by atoms with Gasteiger partial charge in [0.2, 0.25) is 0 Å². The normalized spacial score (nSPS) is 19.7. The highest BCUT2D eigenvalue weighted by Crippen LogP contribution is 2.36. The number of carbonyl (C=O) groups is 1. The maximum atomic E-state index is 11.5. The molecule has 2 aromatic heterocycles. The number of hydrogen-bond acceptors (Lipinski definition) is 5. The minimum atomic E-state index is -2.38. The number of ketones is 1. The Kier molecular flexibility index (Phi) is 4.14. The van der Waals surface area contributed by atoms with E-state index in [-0.39, 0.29) is 11.8 Å². The van der Waals surface area contributed by atoms with Crippen molar-refractivity contribution in [2.45, 2.75) is 25.3 Å². The molecule has 1 fully saturated rings. The van der Waals surface area contributed by atoms with Gasteiger partial charge in [0.05, 0.1) is 10.6 Å². The molecule has 7 heteroatoms. The average molecular weight is 321 g/mol. The second kappa shape index (κ2) is 6.05. The third-order valence-electron chi connectivity index (χ3n) is 3.44. The summed E-state index contributed by atoms with van der Waals surface area (Å²) in [5, 5.41) is 0.628. The van der Waals surface area contributed by atoms with E-state index < -0.39 is 11.3 Å². The van der Waals surface area contributed by atoms with Gasteiger partial charge in [-0.05, 0) is 30.7 Å². The van der Waals surface area contributed by atoms with E-state index in [2.05, 4.69) is 4.98 Å². The SMILES string of the molecule is O=C1CCC(N(c2ccc(-c3ccccn3)s2)S(=O)[O-])C1. The quantitative estimate of drug-likeness (QED) is 0.811. The molecule has 1 aliphatic rings. The molecule has 2 unspecified atom stereocenters. The Hall–Kier alpha value is -1.57. The highest BCUT2D eigenvalue weighted by atomic mass is 32.2. The van der Waals surface area contributed by atoms with Crippen LogP contribution in [0, 0.1) is 0 Å². The van der Waals surface area contributed by atoms with Gasteiger partial charge in [0.25, 0.3) is 0 Å². The molecule has 2 heterocycles. The van der Waals surface area contributed by atoms with Gasteiger partial charge in [0.15, 0.2) is 0 Å². The molecule has 0 N–H and O–H groups in total. The first-order chi connectivity index (χ1) is 10.1. The molecule has 0 radical (unpaired) electrons. The summed E-state index contributed by atoms with van der Waals surface area (Å²) in [6.45, 7) is 0. The molecule has 0 aliphatic heterocycles. The molecule has 3 rings (SSSR count). The van der Waals surface area contributed by atoms with Crippen LogP contribution in [0.3, 0.4) is 0 Å². The number of aromatic nitrogens is 1. The fraction of sp³-hybridized carbons (Fsp3) is 0.286. The number of nitrogens with zero attached hydrogens (tertiary/aromatic N) is 2. The predicted molar refractivity (Wildman–Crippen MR) is 81.6 cm³/mol. The van der Waals surface area contributed by atoms with E-state index in [1.165, 1.54) is 15.6 Å². The van der Waals surface area contributed by atoms with E-state index in [1.54, 1.807) is 12.3 Å². The van der Waals surface area contributed by atoms with Crippen molar-refractivity contribution in [3.05, 3.63) is 36.5 Å². The van der Waals surface area contributed by atoms with E-state index in [1.807, 2.05) is 24.3 Å². The molecule has 0 aromatic carbocycles. The van der Waals surface area contributed by atoms with Crippen LogP contribution in [-0.2, 0) is 16.1 Å². The zero-order valence-corrected chi connectivity index (χ0v) is 12.7. The number of hydrogen-bond donors (Lipinski definition) is 0. The van der Waals surface area contributed by atoms with Crippen LogP contribution >= 0.6 is 11.3 Å². The third-order valence-corrected chi connectivity index (χ3v) is 5.48. The Morgan fingerprint density at radius 3 is 2.81 bits per heavy atom. The number of Topliss-reactive ketones (excluding diaryl/α,β-unsaturated/α-hetero) is 1. The molecule has 21 heavy (non-hydrogen) atoms. The number of thiophene rings is 1. The molecule has 1 aliphatic carbocycles. The van der Waals surface area contributed by atoms with Gasteiger partial charge in [-0.15, -0.1) is 11.3 Å². The van der Waals surface area contributed by atoms with Gasteiger partial charge in [0, 0.05) is 36.3 Å². The first kappa shape index (κ1) is 14.4. The monoisotopic (exact) mass is 321 g/mol. The molecule has 0 amide bonds. The standard InChI is InChI=1S/C14H14N2O3S2/c17-11-5-4-10(9-11)16(21(18)19)14-7-6-13(20-14)12-3-1-2-8-15-12/h1-3,6-8,10H,4-5,9H2,(H,18,19)/p-1. The van der Waals surface area contributed by atoms with E-state index in [4.69, 9.17) is 0 Å². The Labute approximate surface area is 129 Å². The van der Waals surface area contributed by atoms with Crippen LogP contribution in [-0.4, -0.2) is 25.6 Å². The number of anilines is 1. The molecule has 5 nitrogen and oxygen atoms in total. The summed E-state index contributed by atoms with van der Waals surface area (Å²) < 4.78 is 24.4. The van der Waals surface area contributed by atoms with Crippen LogP contribution < -0.4 is 4.31 Å². The van der Waals surface area contributed by atoms with Gasteiger partial charge in [-0.1, -0.05) is 6.07 Å². The number of pyridine rings is 1. The highest BCUT2D eigenvalue weighted by molar-refractivity contribution is 7.81. The molecule has 0 spiro atoms. The van der Waals surface area contributed by atoms with Crippen molar-refractivity contribution in [2.75, 3.05) is 4.31 Å². The third kappa shape index (κ3) is 3.04. The van der Waals surface area contributed by atoms with E-state index in [9.17, 15) is 13.6 Å². The Balaban J connectivity index is 1.89. The number of rotatable bonds is 4. The summed E-state index contributed by atoms with van der Waals surface area (Å²) in [6.07, 6.45) is 3.04. The van der Waals surface area contributed by atoms with Crippen LogP contribution in [0.4, 0.5) is 5.00 Å². The summed E-state index contributed by atoms with van der Waals surface area (Å²) in [7, 11) is 0. The molecule has 0 bridgehead atoms. The minimum Gasteiger partial charge on any atom is -0.755 e. The molecule has 110 valence electrons. The van der Waals surface area contributed by atoms with E-state index >= 15 is 0 Å². The molecule has 2 atom stereocenters. The summed E-state index contributed by atoms with van der Waals surface area (Å²) in [5.41, 5.74) is 0.813. The molecular formula is C14H13N2O3S2-. The van der Waals surface area contributed by atoms with Gasteiger partial charge in [-0.25, -0.2) is 0 Å². The lowest BCUT2D eigenvalue weighted by molar-refractivity contribution is -0.117. The lowest BCUT2D eigenvalue weighted by atomic mass is 10.2. The topological polar surface area (TPSA) is 73.3 Å².